The molecule has 0 saturated carbocycles. The SMILES string of the molecule is CC(CC(O)c1ccco1)NC(=O)c1ccc(NS(=O)(=O)c2ccccc2)cc1. The monoisotopic (exact) mass is 414 g/mol. The van der Waals surface area contributed by atoms with Gasteiger partial charge in [-0.25, -0.2) is 8.42 Å². The first-order chi connectivity index (χ1) is 13.8. The average Bonchev–Trinajstić information content (AvgIpc) is 3.24. The van der Waals surface area contributed by atoms with E-state index in [4.69, 9.17) is 4.42 Å². The van der Waals surface area contributed by atoms with Crippen molar-refractivity contribution in [3.05, 3.63) is 84.3 Å². The average molecular weight is 414 g/mol. The molecule has 3 N–H and O–H groups in total. The number of sulfonamides is 1. The van der Waals surface area contributed by atoms with Gasteiger partial charge in [-0.2, -0.15) is 0 Å². The second-order valence-corrected chi connectivity index (χ2v) is 8.32. The molecule has 2 aromatic carbocycles. The van der Waals surface area contributed by atoms with Crippen LogP contribution in [0.5, 0.6) is 0 Å². The molecule has 8 heteroatoms. The van der Waals surface area contributed by atoms with Gasteiger partial charge < -0.3 is 14.8 Å². The molecule has 152 valence electrons. The molecule has 0 spiro atoms. The fourth-order valence-electron chi connectivity index (χ4n) is 2.80. The summed E-state index contributed by atoms with van der Waals surface area (Å²) in [5, 5.41) is 12.9. The molecule has 1 amide bonds. The highest BCUT2D eigenvalue weighted by Gasteiger charge is 2.18. The lowest BCUT2D eigenvalue weighted by Crippen LogP contribution is -2.33. The van der Waals surface area contributed by atoms with Crippen LogP contribution >= 0.6 is 0 Å². The van der Waals surface area contributed by atoms with Crippen molar-refractivity contribution in [1.29, 1.82) is 0 Å². The second-order valence-electron chi connectivity index (χ2n) is 6.64. The molecule has 7 nitrogen and oxygen atoms in total. The lowest BCUT2D eigenvalue weighted by atomic mass is 10.1. The van der Waals surface area contributed by atoms with E-state index in [1.807, 2.05) is 0 Å². The van der Waals surface area contributed by atoms with Gasteiger partial charge in [0, 0.05) is 23.7 Å². The quantitative estimate of drug-likeness (QED) is 0.524. The molecule has 0 radical (unpaired) electrons. The third-order valence-corrected chi connectivity index (χ3v) is 5.68. The van der Waals surface area contributed by atoms with E-state index in [0.717, 1.165) is 0 Å². The molecule has 29 heavy (non-hydrogen) atoms. The van der Waals surface area contributed by atoms with Crippen LogP contribution in [0.2, 0.25) is 0 Å². The van der Waals surface area contributed by atoms with Crippen LogP contribution < -0.4 is 10.0 Å². The molecule has 0 aliphatic rings. The van der Waals surface area contributed by atoms with E-state index in [1.165, 1.54) is 42.7 Å². The summed E-state index contributed by atoms with van der Waals surface area (Å²) in [5.74, 6) is 0.128. The van der Waals surface area contributed by atoms with Crippen molar-refractivity contribution in [1.82, 2.24) is 5.32 Å². The summed E-state index contributed by atoms with van der Waals surface area (Å²) in [5.41, 5.74) is 0.735. The number of aliphatic hydroxyl groups is 1. The van der Waals surface area contributed by atoms with Crippen LogP contribution in [0.15, 0.2) is 82.3 Å². The minimum atomic E-state index is -3.69. The van der Waals surface area contributed by atoms with Crippen LogP contribution in [-0.2, 0) is 10.0 Å². The maximum absolute atomic E-state index is 12.4. The van der Waals surface area contributed by atoms with Gasteiger partial charge in [0.15, 0.2) is 0 Å². The van der Waals surface area contributed by atoms with Gasteiger partial charge in [0.05, 0.1) is 11.2 Å². The van der Waals surface area contributed by atoms with Gasteiger partial charge in [-0.05, 0) is 55.5 Å². The molecule has 1 heterocycles. The van der Waals surface area contributed by atoms with E-state index in [0.29, 0.717) is 23.4 Å². The minimum absolute atomic E-state index is 0.158. The first kappa shape index (κ1) is 20.6. The van der Waals surface area contributed by atoms with Crippen LogP contribution in [0, 0.1) is 0 Å². The fourth-order valence-corrected chi connectivity index (χ4v) is 3.88. The number of nitrogens with one attached hydrogen (secondary N) is 2. The maximum atomic E-state index is 12.4. The summed E-state index contributed by atoms with van der Waals surface area (Å²) < 4.78 is 32.3. The second kappa shape index (κ2) is 8.93. The third-order valence-electron chi connectivity index (χ3n) is 4.28. The number of hydrogen-bond acceptors (Lipinski definition) is 5. The lowest BCUT2D eigenvalue weighted by molar-refractivity contribution is 0.0903. The summed E-state index contributed by atoms with van der Waals surface area (Å²) in [4.78, 5) is 12.5. The molecule has 0 aliphatic heterocycles. The number of hydrogen-bond donors (Lipinski definition) is 3. The molecule has 2 unspecified atom stereocenters. The van der Waals surface area contributed by atoms with E-state index in [9.17, 15) is 18.3 Å². The Morgan fingerprint density at radius 2 is 1.72 bits per heavy atom. The van der Waals surface area contributed by atoms with Gasteiger partial charge in [0.25, 0.3) is 15.9 Å². The van der Waals surface area contributed by atoms with Crippen molar-refractivity contribution in [3.63, 3.8) is 0 Å². The van der Waals surface area contributed by atoms with E-state index < -0.39 is 16.1 Å². The highest BCUT2D eigenvalue weighted by Crippen LogP contribution is 2.19. The molecule has 3 aromatic rings. The Bertz CT molecular complexity index is 1030. The normalized spacial score (nSPS) is 13.4. The highest BCUT2D eigenvalue weighted by atomic mass is 32.2. The van der Waals surface area contributed by atoms with Crippen molar-refractivity contribution in [2.75, 3.05) is 4.72 Å². The number of anilines is 1. The summed E-state index contributed by atoms with van der Waals surface area (Å²) >= 11 is 0. The molecule has 0 bridgehead atoms. The molecule has 2 atom stereocenters. The molecule has 0 saturated heterocycles. The lowest BCUT2D eigenvalue weighted by Gasteiger charge is -2.17. The van der Waals surface area contributed by atoms with Gasteiger partial charge in [-0.3, -0.25) is 9.52 Å². The molecular formula is C21H22N2O5S. The van der Waals surface area contributed by atoms with Crippen molar-refractivity contribution >= 4 is 21.6 Å². The topological polar surface area (TPSA) is 109 Å². The van der Waals surface area contributed by atoms with Crippen molar-refractivity contribution in [2.24, 2.45) is 0 Å². The number of amides is 1. The Balaban J connectivity index is 1.58. The van der Waals surface area contributed by atoms with Crippen LogP contribution in [0.25, 0.3) is 0 Å². The molecular weight excluding hydrogens is 392 g/mol. The van der Waals surface area contributed by atoms with Crippen LogP contribution in [0.3, 0.4) is 0 Å². The Labute approximate surface area is 169 Å². The predicted octanol–water partition coefficient (Wildman–Crippen LogP) is 3.32. The number of carbonyl (C=O) groups excluding carboxylic acids is 1. The Kier molecular flexibility index (Phi) is 6.36. The summed E-state index contributed by atoms with van der Waals surface area (Å²) in [6.07, 6.45) is 0.971. The number of furan rings is 1. The molecule has 0 fully saturated rings. The Morgan fingerprint density at radius 1 is 1.03 bits per heavy atom. The van der Waals surface area contributed by atoms with Gasteiger partial charge in [-0.15, -0.1) is 0 Å². The predicted molar refractivity (Wildman–Crippen MR) is 109 cm³/mol. The van der Waals surface area contributed by atoms with E-state index >= 15 is 0 Å². The zero-order valence-corrected chi connectivity index (χ0v) is 16.6. The van der Waals surface area contributed by atoms with Crippen molar-refractivity contribution < 1.29 is 22.7 Å². The van der Waals surface area contributed by atoms with Gasteiger partial charge in [-0.1, -0.05) is 18.2 Å². The number of rotatable bonds is 8. The minimum Gasteiger partial charge on any atom is -0.467 e. The van der Waals surface area contributed by atoms with Gasteiger partial charge >= 0.3 is 0 Å². The molecule has 3 rings (SSSR count). The van der Waals surface area contributed by atoms with E-state index in [-0.39, 0.29) is 16.8 Å². The smallest absolute Gasteiger partial charge is 0.261 e. The van der Waals surface area contributed by atoms with Crippen LogP contribution in [-0.4, -0.2) is 25.5 Å². The van der Waals surface area contributed by atoms with Crippen LogP contribution in [0.1, 0.15) is 35.6 Å². The van der Waals surface area contributed by atoms with E-state index in [2.05, 4.69) is 10.0 Å². The zero-order chi connectivity index (χ0) is 20.9. The largest absolute Gasteiger partial charge is 0.467 e. The standard InChI is InChI=1S/C21H22N2O5S/c1-15(14-19(24)20-8-5-13-28-20)22-21(25)16-9-11-17(12-10-16)23-29(26,27)18-6-3-2-4-7-18/h2-13,15,19,23-24H,14H2,1H3,(H,22,25). The first-order valence-corrected chi connectivity index (χ1v) is 10.5. The maximum Gasteiger partial charge on any atom is 0.261 e. The molecule has 1 aromatic heterocycles. The number of carbonyl (C=O) groups is 1. The zero-order valence-electron chi connectivity index (χ0n) is 15.8. The Hall–Kier alpha value is -3.10. The van der Waals surface area contributed by atoms with Crippen LogP contribution in [0.4, 0.5) is 5.69 Å². The third kappa shape index (κ3) is 5.46. The number of benzene rings is 2. The highest BCUT2D eigenvalue weighted by molar-refractivity contribution is 7.92. The molecule has 0 aliphatic carbocycles. The van der Waals surface area contributed by atoms with Crippen molar-refractivity contribution in [3.8, 4) is 0 Å². The van der Waals surface area contributed by atoms with Crippen molar-refractivity contribution in [2.45, 2.75) is 30.4 Å². The Morgan fingerprint density at radius 3 is 2.34 bits per heavy atom. The van der Waals surface area contributed by atoms with Gasteiger partial charge in [0.2, 0.25) is 0 Å². The summed E-state index contributed by atoms with van der Waals surface area (Å²) in [7, 11) is -3.69. The summed E-state index contributed by atoms with van der Waals surface area (Å²) in [6.45, 7) is 1.78. The first-order valence-electron chi connectivity index (χ1n) is 9.05. The number of aliphatic hydroxyl groups excluding tert-OH is 1. The van der Waals surface area contributed by atoms with E-state index in [1.54, 1.807) is 37.3 Å². The van der Waals surface area contributed by atoms with Gasteiger partial charge in [0.1, 0.15) is 11.9 Å². The fraction of sp³-hybridized carbons (Fsp3) is 0.190. The summed E-state index contributed by atoms with van der Waals surface area (Å²) in [6, 6.07) is 17.2.